The van der Waals surface area contributed by atoms with Crippen molar-refractivity contribution in [3.63, 3.8) is 0 Å². The van der Waals surface area contributed by atoms with E-state index in [9.17, 15) is 0 Å². The lowest BCUT2D eigenvalue weighted by atomic mass is 10.2. The van der Waals surface area contributed by atoms with Crippen LogP contribution in [0.25, 0.3) is 0 Å². The van der Waals surface area contributed by atoms with Gasteiger partial charge in [-0.2, -0.15) is 0 Å². The second kappa shape index (κ2) is 3.52. The Morgan fingerprint density at radius 1 is 1.60 bits per heavy atom. The average molecular weight is 139 g/mol. The quantitative estimate of drug-likeness (QED) is 0.530. The lowest BCUT2D eigenvalue weighted by Crippen LogP contribution is -1.89. The second-order valence-corrected chi connectivity index (χ2v) is 2.43. The molecule has 0 radical (unpaired) electrons. The normalized spacial score (nSPS) is 19.4. The zero-order valence-corrected chi connectivity index (χ0v) is 6.55. The summed E-state index contributed by atoms with van der Waals surface area (Å²) in [5.74, 6) is 0. The van der Waals surface area contributed by atoms with Crippen molar-refractivity contribution in [2.75, 3.05) is 19.8 Å². The SMILES string of the molecule is CCN=CC1=C(C)COC1. The van der Waals surface area contributed by atoms with Crippen LogP contribution in [0.2, 0.25) is 0 Å². The van der Waals surface area contributed by atoms with Crippen molar-refractivity contribution < 1.29 is 4.74 Å². The highest BCUT2D eigenvalue weighted by Gasteiger charge is 2.07. The summed E-state index contributed by atoms with van der Waals surface area (Å²) in [7, 11) is 0. The lowest BCUT2D eigenvalue weighted by Gasteiger charge is -1.89. The van der Waals surface area contributed by atoms with Gasteiger partial charge >= 0.3 is 0 Å². The van der Waals surface area contributed by atoms with E-state index in [1.165, 1.54) is 11.1 Å². The zero-order chi connectivity index (χ0) is 7.40. The highest BCUT2D eigenvalue weighted by molar-refractivity contribution is 5.80. The van der Waals surface area contributed by atoms with E-state index in [1.54, 1.807) is 0 Å². The molecule has 2 nitrogen and oxygen atoms in total. The van der Waals surface area contributed by atoms with Gasteiger partial charge in [0, 0.05) is 12.8 Å². The molecule has 0 aromatic carbocycles. The van der Waals surface area contributed by atoms with Gasteiger partial charge in [-0.1, -0.05) is 0 Å². The van der Waals surface area contributed by atoms with E-state index in [2.05, 4.69) is 11.9 Å². The molecule has 1 rings (SSSR count). The van der Waals surface area contributed by atoms with E-state index in [-0.39, 0.29) is 0 Å². The minimum atomic E-state index is 0.745. The molecular formula is C8H13NO. The van der Waals surface area contributed by atoms with Gasteiger partial charge in [-0.3, -0.25) is 4.99 Å². The largest absolute Gasteiger partial charge is 0.372 e. The van der Waals surface area contributed by atoms with Crippen LogP contribution in [0, 0.1) is 0 Å². The number of hydrogen-bond donors (Lipinski definition) is 0. The van der Waals surface area contributed by atoms with Crippen LogP contribution in [0.1, 0.15) is 13.8 Å². The van der Waals surface area contributed by atoms with Crippen LogP contribution in [0.4, 0.5) is 0 Å². The first kappa shape index (κ1) is 7.48. The van der Waals surface area contributed by atoms with Gasteiger partial charge < -0.3 is 4.74 Å². The standard InChI is InChI=1S/C8H13NO/c1-3-9-4-8-6-10-5-7(8)2/h4H,3,5-6H2,1-2H3. The molecule has 1 aliphatic heterocycles. The van der Waals surface area contributed by atoms with Crippen LogP contribution in [0.5, 0.6) is 0 Å². The predicted octanol–water partition coefficient (Wildman–Crippen LogP) is 1.42. The summed E-state index contributed by atoms with van der Waals surface area (Å²) in [6, 6.07) is 0. The number of rotatable bonds is 2. The van der Waals surface area contributed by atoms with Crippen LogP contribution in [-0.2, 0) is 4.74 Å². The summed E-state index contributed by atoms with van der Waals surface area (Å²) in [5, 5.41) is 0. The Balaban J connectivity index is 2.54. The zero-order valence-electron chi connectivity index (χ0n) is 6.55. The summed E-state index contributed by atoms with van der Waals surface area (Å²) in [5.41, 5.74) is 2.57. The van der Waals surface area contributed by atoms with Crippen molar-refractivity contribution in [2.24, 2.45) is 4.99 Å². The third-order valence-corrected chi connectivity index (χ3v) is 1.55. The van der Waals surface area contributed by atoms with Gasteiger partial charge in [0.2, 0.25) is 0 Å². The third kappa shape index (κ3) is 1.67. The average Bonchev–Trinajstić information content (AvgIpc) is 2.31. The summed E-state index contributed by atoms with van der Waals surface area (Å²) in [6.45, 7) is 6.50. The Bertz CT molecular complexity index is 170. The van der Waals surface area contributed by atoms with Crippen LogP contribution in [0.15, 0.2) is 16.1 Å². The van der Waals surface area contributed by atoms with Crippen molar-refractivity contribution in [3.05, 3.63) is 11.1 Å². The smallest absolute Gasteiger partial charge is 0.0736 e. The van der Waals surface area contributed by atoms with Crippen molar-refractivity contribution in [2.45, 2.75) is 13.8 Å². The summed E-state index contributed by atoms with van der Waals surface area (Å²) in [6.07, 6.45) is 1.92. The molecule has 2 heteroatoms. The number of nitrogens with zero attached hydrogens (tertiary/aromatic N) is 1. The van der Waals surface area contributed by atoms with Gasteiger partial charge in [0.05, 0.1) is 13.2 Å². The molecule has 0 N–H and O–H groups in total. The van der Waals surface area contributed by atoms with Gasteiger partial charge in [-0.05, 0) is 25.0 Å². The Hall–Kier alpha value is -0.630. The molecule has 0 saturated heterocycles. The van der Waals surface area contributed by atoms with E-state index in [4.69, 9.17) is 4.74 Å². The van der Waals surface area contributed by atoms with Gasteiger partial charge in [-0.25, -0.2) is 0 Å². The monoisotopic (exact) mass is 139 g/mol. The first-order valence-corrected chi connectivity index (χ1v) is 3.60. The lowest BCUT2D eigenvalue weighted by molar-refractivity contribution is 0.206. The molecule has 0 aliphatic carbocycles. The van der Waals surface area contributed by atoms with Crippen LogP contribution < -0.4 is 0 Å². The molecule has 0 atom stereocenters. The molecule has 0 aromatic heterocycles. The maximum Gasteiger partial charge on any atom is 0.0736 e. The van der Waals surface area contributed by atoms with Gasteiger partial charge in [0.25, 0.3) is 0 Å². The number of aliphatic imine (C=N–C) groups is 1. The van der Waals surface area contributed by atoms with Gasteiger partial charge in [0.15, 0.2) is 0 Å². The molecule has 0 bridgehead atoms. The summed E-state index contributed by atoms with van der Waals surface area (Å²) in [4.78, 5) is 4.14. The number of hydrogen-bond acceptors (Lipinski definition) is 2. The van der Waals surface area contributed by atoms with Crippen molar-refractivity contribution in [1.29, 1.82) is 0 Å². The van der Waals surface area contributed by atoms with Crippen molar-refractivity contribution in [1.82, 2.24) is 0 Å². The first-order valence-electron chi connectivity index (χ1n) is 3.60. The molecule has 0 fully saturated rings. The molecule has 0 saturated carbocycles. The fraction of sp³-hybridized carbons (Fsp3) is 0.625. The Kier molecular flexibility index (Phi) is 2.63. The highest BCUT2D eigenvalue weighted by atomic mass is 16.5. The highest BCUT2D eigenvalue weighted by Crippen LogP contribution is 2.10. The van der Waals surface area contributed by atoms with Crippen molar-refractivity contribution in [3.8, 4) is 0 Å². The van der Waals surface area contributed by atoms with E-state index < -0.39 is 0 Å². The fourth-order valence-corrected chi connectivity index (χ4v) is 0.879. The van der Waals surface area contributed by atoms with E-state index in [0.29, 0.717) is 0 Å². The predicted molar refractivity (Wildman–Crippen MR) is 42.6 cm³/mol. The van der Waals surface area contributed by atoms with E-state index in [0.717, 1.165) is 19.8 Å². The third-order valence-electron chi connectivity index (χ3n) is 1.55. The molecular weight excluding hydrogens is 126 g/mol. The fourth-order valence-electron chi connectivity index (χ4n) is 0.879. The van der Waals surface area contributed by atoms with E-state index in [1.807, 2.05) is 13.1 Å². The molecule has 0 spiro atoms. The number of ether oxygens (including phenoxy) is 1. The Labute approximate surface area is 61.6 Å². The molecule has 56 valence electrons. The van der Waals surface area contributed by atoms with Crippen LogP contribution >= 0.6 is 0 Å². The minimum Gasteiger partial charge on any atom is -0.372 e. The van der Waals surface area contributed by atoms with Gasteiger partial charge in [-0.15, -0.1) is 0 Å². The topological polar surface area (TPSA) is 21.6 Å². The first-order chi connectivity index (χ1) is 4.84. The van der Waals surface area contributed by atoms with Crippen LogP contribution in [0.3, 0.4) is 0 Å². The Morgan fingerprint density at radius 3 is 2.90 bits per heavy atom. The molecule has 1 aliphatic rings. The molecule has 0 aromatic rings. The second-order valence-electron chi connectivity index (χ2n) is 2.43. The van der Waals surface area contributed by atoms with Gasteiger partial charge in [0.1, 0.15) is 0 Å². The molecule has 0 unspecified atom stereocenters. The minimum absolute atomic E-state index is 0.745. The Morgan fingerprint density at radius 2 is 2.40 bits per heavy atom. The van der Waals surface area contributed by atoms with Crippen LogP contribution in [-0.4, -0.2) is 26.0 Å². The summed E-state index contributed by atoms with van der Waals surface area (Å²) >= 11 is 0. The molecule has 1 heterocycles. The summed E-state index contributed by atoms with van der Waals surface area (Å²) < 4.78 is 5.20. The molecule has 0 amide bonds. The molecule has 10 heavy (non-hydrogen) atoms. The van der Waals surface area contributed by atoms with E-state index >= 15 is 0 Å². The maximum absolute atomic E-state index is 5.20. The maximum atomic E-state index is 5.20. The van der Waals surface area contributed by atoms with Crippen molar-refractivity contribution >= 4 is 6.21 Å².